The van der Waals surface area contributed by atoms with Gasteiger partial charge in [-0.3, -0.25) is 4.79 Å². The predicted molar refractivity (Wildman–Crippen MR) is 88.0 cm³/mol. The SMILES string of the molecule is Nc1ccc2c(c1)CNC(=O)C1CN(c3ncc(F)cn3)CCN21. The third-order valence-electron chi connectivity index (χ3n) is 4.44. The maximum atomic E-state index is 13.0. The molecule has 8 heteroatoms. The summed E-state index contributed by atoms with van der Waals surface area (Å²) in [6.45, 7) is 2.20. The van der Waals surface area contributed by atoms with Crippen molar-refractivity contribution in [3.05, 3.63) is 42.0 Å². The minimum absolute atomic E-state index is 0.0448. The normalized spacial score (nSPS) is 20.0. The number of nitrogens with two attached hydrogens (primary N) is 1. The second kappa shape index (κ2) is 5.63. The van der Waals surface area contributed by atoms with E-state index in [9.17, 15) is 9.18 Å². The smallest absolute Gasteiger partial charge is 0.244 e. The van der Waals surface area contributed by atoms with E-state index in [0.29, 0.717) is 37.8 Å². The fourth-order valence-corrected chi connectivity index (χ4v) is 3.27. The van der Waals surface area contributed by atoms with Gasteiger partial charge in [-0.2, -0.15) is 0 Å². The standard InChI is InChI=1S/C16H17FN6O/c17-11-7-20-16(21-8-11)22-3-4-23-13-2-1-12(18)5-10(13)6-19-15(24)14(23)9-22/h1-2,5,7-8,14H,3-4,6,9,18H2,(H,19,24). The first-order chi connectivity index (χ1) is 11.6. The van der Waals surface area contributed by atoms with Crippen LogP contribution in [-0.2, 0) is 11.3 Å². The Morgan fingerprint density at radius 1 is 1.25 bits per heavy atom. The third-order valence-corrected chi connectivity index (χ3v) is 4.44. The second-order valence-electron chi connectivity index (χ2n) is 5.96. The van der Waals surface area contributed by atoms with Crippen molar-refractivity contribution in [1.82, 2.24) is 15.3 Å². The zero-order chi connectivity index (χ0) is 16.7. The number of amides is 1. The van der Waals surface area contributed by atoms with E-state index in [1.165, 1.54) is 0 Å². The van der Waals surface area contributed by atoms with Crippen molar-refractivity contribution in [3.63, 3.8) is 0 Å². The molecule has 7 nitrogen and oxygen atoms in total. The molecule has 1 unspecified atom stereocenters. The van der Waals surface area contributed by atoms with E-state index in [0.717, 1.165) is 23.6 Å². The van der Waals surface area contributed by atoms with Crippen LogP contribution in [0.15, 0.2) is 30.6 Å². The molecule has 4 rings (SSSR count). The lowest BCUT2D eigenvalue weighted by Gasteiger charge is -2.41. The molecule has 1 saturated heterocycles. The Morgan fingerprint density at radius 2 is 2.04 bits per heavy atom. The molecular weight excluding hydrogens is 311 g/mol. The summed E-state index contributed by atoms with van der Waals surface area (Å²) in [4.78, 5) is 24.6. The van der Waals surface area contributed by atoms with Crippen molar-refractivity contribution in [2.45, 2.75) is 12.6 Å². The van der Waals surface area contributed by atoms with Crippen molar-refractivity contribution in [1.29, 1.82) is 0 Å². The number of hydrogen-bond acceptors (Lipinski definition) is 6. The molecule has 1 aromatic carbocycles. The summed E-state index contributed by atoms with van der Waals surface area (Å²) >= 11 is 0. The minimum atomic E-state index is -0.476. The van der Waals surface area contributed by atoms with Gasteiger partial charge in [0.2, 0.25) is 11.9 Å². The first kappa shape index (κ1) is 14.7. The van der Waals surface area contributed by atoms with Gasteiger partial charge >= 0.3 is 0 Å². The molecule has 0 radical (unpaired) electrons. The van der Waals surface area contributed by atoms with Crippen LogP contribution < -0.4 is 20.9 Å². The number of anilines is 3. The number of benzene rings is 1. The number of aromatic nitrogens is 2. The van der Waals surface area contributed by atoms with Crippen LogP contribution in [0.1, 0.15) is 5.56 Å². The molecule has 0 spiro atoms. The third kappa shape index (κ3) is 2.49. The molecule has 1 aromatic heterocycles. The number of nitrogen functional groups attached to an aromatic ring is 1. The molecule has 2 aliphatic rings. The zero-order valence-corrected chi connectivity index (χ0v) is 12.9. The van der Waals surface area contributed by atoms with E-state index in [1.54, 1.807) is 0 Å². The molecule has 3 N–H and O–H groups in total. The van der Waals surface area contributed by atoms with Crippen molar-refractivity contribution >= 4 is 23.2 Å². The lowest BCUT2D eigenvalue weighted by Crippen LogP contribution is -2.58. The Balaban J connectivity index is 1.64. The van der Waals surface area contributed by atoms with Crippen LogP contribution in [0.25, 0.3) is 0 Å². The van der Waals surface area contributed by atoms with E-state index in [4.69, 9.17) is 5.73 Å². The quantitative estimate of drug-likeness (QED) is 0.742. The van der Waals surface area contributed by atoms with Gasteiger partial charge in [-0.1, -0.05) is 0 Å². The molecule has 1 atom stereocenters. The number of carbonyl (C=O) groups excluding carboxylic acids is 1. The number of rotatable bonds is 1. The number of piperazine rings is 1. The Kier molecular flexibility index (Phi) is 3.44. The minimum Gasteiger partial charge on any atom is -0.399 e. The van der Waals surface area contributed by atoms with Gasteiger partial charge < -0.3 is 20.9 Å². The number of halogens is 1. The van der Waals surface area contributed by atoms with Gasteiger partial charge in [0.15, 0.2) is 5.82 Å². The highest BCUT2D eigenvalue weighted by Gasteiger charge is 2.36. The second-order valence-corrected chi connectivity index (χ2v) is 5.96. The summed E-state index contributed by atoms with van der Waals surface area (Å²) in [6.07, 6.45) is 2.28. The van der Waals surface area contributed by atoms with E-state index in [-0.39, 0.29) is 11.9 Å². The first-order valence-electron chi connectivity index (χ1n) is 7.77. The van der Waals surface area contributed by atoms with Crippen LogP contribution >= 0.6 is 0 Å². The van der Waals surface area contributed by atoms with Gasteiger partial charge in [0.05, 0.1) is 18.9 Å². The van der Waals surface area contributed by atoms with E-state index in [2.05, 4.69) is 20.2 Å². The van der Waals surface area contributed by atoms with Crippen LogP contribution in [-0.4, -0.2) is 41.6 Å². The lowest BCUT2D eigenvalue weighted by molar-refractivity contribution is -0.122. The van der Waals surface area contributed by atoms with Crippen LogP contribution in [0.3, 0.4) is 0 Å². The Hall–Kier alpha value is -2.90. The number of hydrogen-bond donors (Lipinski definition) is 2. The fraction of sp³-hybridized carbons (Fsp3) is 0.312. The molecule has 1 fully saturated rings. The van der Waals surface area contributed by atoms with Gasteiger partial charge in [-0.25, -0.2) is 14.4 Å². The highest BCUT2D eigenvalue weighted by atomic mass is 19.1. The summed E-state index contributed by atoms with van der Waals surface area (Å²) in [5, 5.41) is 2.94. The zero-order valence-electron chi connectivity index (χ0n) is 12.9. The van der Waals surface area contributed by atoms with Crippen molar-refractivity contribution in [2.75, 3.05) is 35.2 Å². The largest absolute Gasteiger partial charge is 0.399 e. The van der Waals surface area contributed by atoms with Gasteiger partial charge in [0.25, 0.3) is 0 Å². The average Bonchev–Trinajstić information content (AvgIpc) is 2.72. The maximum Gasteiger partial charge on any atom is 0.244 e. The van der Waals surface area contributed by atoms with Gasteiger partial charge in [0.1, 0.15) is 6.04 Å². The summed E-state index contributed by atoms with van der Waals surface area (Å²) in [5.74, 6) is -0.0849. The van der Waals surface area contributed by atoms with Gasteiger partial charge in [0, 0.05) is 31.0 Å². The molecular formula is C16H17FN6O. The Morgan fingerprint density at radius 3 is 2.83 bits per heavy atom. The molecule has 0 bridgehead atoms. The van der Waals surface area contributed by atoms with Crippen molar-refractivity contribution < 1.29 is 9.18 Å². The monoisotopic (exact) mass is 328 g/mol. The first-order valence-corrected chi connectivity index (χ1v) is 7.77. The molecule has 1 amide bonds. The van der Waals surface area contributed by atoms with E-state index >= 15 is 0 Å². The van der Waals surface area contributed by atoms with Crippen LogP contribution in [0, 0.1) is 5.82 Å². The summed E-state index contributed by atoms with van der Waals surface area (Å²) < 4.78 is 13.0. The molecule has 0 aliphatic carbocycles. The summed E-state index contributed by atoms with van der Waals surface area (Å²) in [5.41, 5.74) is 8.57. The number of nitrogens with zero attached hydrogens (tertiary/aromatic N) is 4. The van der Waals surface area contributed by atoms with E-state index in [1.807, 2.05) is 23.1 Å². The van der Waals surface area contributed by atoms with Gasteiger partial charge in [-0.05, 0) is 23.8 Å². The van der Waals surface area contributed by atoms with Crippen LogP contribution in [0.4, 0.5) is 21.7 Å². The molecule has 0 saturated carbocycles. The predicted octanol–water partition coefficient (Wildman–Crippen LogP) is 0.523. The molecule has 3 heterocycles. The molecule has 2 aromatic rings. The fourth-order valence-electron chi connectivity index (χ4n) is 3.27. The van der Waals surface area contributed by atoms with Crippen LogP contribution in [0.2, 0.25) is 0 Å². The Bertz CT molecular complexity index is 781. The number of nitrogens with one attached hydrogen (secondary N) is 1. The number of fused-ring (bicyclic) bond motifs is 3. The lowest BCUT2D eigenvalue weighted by atomic mass is 10.1. The highest BCUT2D eigenvalue weighted by Crippen LogP contribution is 2.29. The average molecular weight is 328 g/mol. The van der Waals surface area contributed by atoms with Crippen molar-refractivity contribution in [2.24, 2.45) is 0 Å². The summed E-state index contributed by atoms with van der Waals surface area (Å²) in [7, 11) is 0. The van der Waals surface area contributed by atoms with Crippen LogP contribution in [0.5, 0.6) is 0 Å². The topological polar surface area (TPSA) is 87.4 Å². The van der Waals surface area contributed by atoms with Gasteiger partial charge in [-0.15, -0.1) is 0 Å². The Labute approximate surface area is 138 Å². The highest BCUT2D eigenvalue weighted by molar-refractivity contribution is 5.88. The molecule has 24 heavy (non-hydrogen) atoms. The molecule has 2 aliphatic heterocycles. The molecule has 124 valence electrons. The number of carbonyl (C=O) groups is 1. The van der Waals surface area contributed by atoms with E-state index < -0.39 is 5.82 Å². The maximum absolute atomic E-state index is 13.0. The summed E-state index contributed by atoms with van der Waals surface area (Å²) in [6, 6.07) is 5.36. The van der Waals surface area contributed by atoms with Crippen molar-refractivity contribution in [3.8, 4) is 0 Å².